The van der Waals surface area contributed by atoms with E-state index in [1.54, 1.807) is 0 Å². The molecular formula is C5H3F5O. The maximum atomic E-state index is 11.4. The van der Waals surface area contributed by atoms with Crippen LogP contribution in [0.25, 0.3) is 0 Å². The quantitative estimate of drug-likeness (QED) is 0.461. The average molecular weight is 174 g/mol. The van der Waals surface area contributed by atoms with Gasteiger partial charge in [-0.3, -0.25) is 4.79 Å². The summed E-state index contributed by atoms with van der Waals surface area (Å²) in [6, 6.07) is 0. The number of ketones is 1. The second-order valence-electron chi connectivity index (χ2n) is 1.64. The molecule has 0 fully saturated rings. The molecule has 1 nitrogen and oxygen atoms in total. The highest BCUT2D eigenvalue weighted by atomic mass is 19.4. The van der Waals surface area contributed by atoms with Crippen molar-refractivity contribution in [3.05, 3.63) is 12.2 Å². The van der Waals surface area contributed by atoms with E-state index in [2.05, 4.69) is 6.58 Å². The number of carbonyl (C=O) groups is 1. The second kappa shape index (κ2) is 2.98. The van der Waals surface area contributed by atoms with Crippen molar-refractivity contribution in [2.45, 2.75) is 12.6 Å². The van der Waals surface area contributed by atoms with Crippen molar-refractivity contribution >= 4 is 5.78 Å². The van der Waals surface area contributed by atoms with Crippen LogP contribution < -0.4 is 0 Å². The third-order valence-corrected chi connectivity index (χ3v) is 0.838. The Kier molecular flexibility index (Phi) is 2.72. The smallest absolute Gasteiger partial charge is 0.288 e. The minimum absolute atomic E-state index is 2.02. The number of carbonyl (C=O) groups excluding carboxylic acids is 1. The summed E-state index contributed by atoms with van der Waals surface area (Å²) >= 11 is 0. The molecule has 0 aromatic heterocycles. The molecule has 0 aromatic carbocycles. The number of Topliss-reactive ketones (excluding diaryl/α,β-unsaturated/α-hetero) is 1. The molecule has 0 atom stereocenters. The third-order valence-electron chi connectivity index (χ3n) is 0.838. The maximum Gasteiger partial charge on any atom is 0.419 e. The van der Waals surface area contributed by atoms with Crippen molar-refractivity contribution in [2.75, 3.05) is 0 Å². The molecule has 0 aliphatic rings. The fourth-order valence-electron chi connectivity index (χ4n) is 0.271. The van der Waals surface area contributed by atoms with E-state index in [4.69, 9.17) is 0 Å². The Bertz CT molecular complexity index is 180. The van der Waals surface area contributed by atoms with Crippen molar-refractivity contribution in [3.63, 3.8) is 0 Å². The monoisotopic (exact) mass is 174 g/mol. The van der Waals surface area contributed by atoms with E-state index in [-0.39, 0.29) is 0 Å². The first-order valence-electron chi connectivity index (χ1n) is 2.35. The molecule has 6 heteroatoms. The Morgan fingerprint density at radius 3 is 1.73 bits per heavy atom. The molecule has 0 N–H and O–H groups in total. The van der Waals surface area contributed by atoms with Crippen molar-refractivity contribution in [1.29, 1.82) is 0 Å². The molecule has 0 aliphatic carbocycles. The highest BCUT2D eigenvalue weighted by molar-refractivity contribution is 5.98. The van der Waals surface area contributed by atoms with E-state index in [1.807, 2.05) is 0 Å². The van der Waals surface area contributed by atoms with Gasteiger partial charge in [-0.15, -0.1) is 0 Å². The predicted molar refractivity (Wildman–Crippen MR) is 26.2 cm³/mol. The van der Waals surface area contributed by atoms with E-state index in [0.29, 0.717) is 0 Å². The van der Waals surface area contributed by atoms with E-state index in [1.165, 1.54) is 0 Å². The van der Waals surface area contributed by atoms with Gasteiger partial charge in [0.1, 0.15) is 0 Å². The van der Waals surface area contributed by atoms with Crippen LogP contribution in [0.15, 0.2) is 12.2 Å². The topological polar surface area (TPSA) is 17.1 Å². The van der Waals surface area contributed by atoms with Crippen molar-refractivity contribution in [3.8, 4) is 0 Å². The van der Waals surface area contributed by atoms with Crippen LogP contribution in [-0.4, -0.2) is 18.4 Å². The van der Waals surface area contributed by atoms with Gasteiger partial charge in [-0.2, -0.15) is 13.2 Å². The van der Waals surface area contributed by atoms with E-state index < -0.39 is 24.0 Å². The first-order chi connectivity index (χ1) is 4.76. The van der Waals surface area contributed by atoms with Crippen LogP contribution in [-0.2, 0) is 4.79 Å². The Morgan fingerprint density at radius 1 is 1.27 bits per heavy atom. The lowest BCUT2D eigenvalue weighted by Gasteiger charge is -2.06. The average Bonchev–Trinajstić information content (AvgIpc) is 1.82. The normalized spacial score (nSPS) is 11.8. The van der Waals surface area contributed by atoms with Crippen LogP contribution in [0.2, 0.25) is 0 Å². The van der Waals surface area contributed by atoms with E-state index >= 15 is 0 Å². The van der Waals surface area contributed by atoms with Crippen LogP contribution in [0.3, 0.4) is 0 Å². The van der Waals surface area contributed by atoms with Gasteiger partial charge in [0.25, 0.3) is 0 Å². The summed E-state index contributed by atoms with van der Waals surface area (Å²) in [7, 11) is 0. The zero-order valence-corrected chi connectivity index (χ0v) is 5.08. The van der Waals surface area contributed by atoms with E-state index in [9.17, 15) is 26.7 Å². The standard InChI is InChI=1S/C5H3F5O/c1-2(5(8,9)10)3(11)4(6)7/h4H,1H2. The molecule has 0 spiro atoms. The summed E-state index contributed by atoms with van der Waals surface area (Å²) in [5, 5.41) is 0. The van der Waals surface area contributed by atoms with Gasteiger partial charge < -0.3 is 0 Å². The second-order valence-corrected chi connectivity index (χ2v) is 1.64. The largest absolute Gasteiger partial charge is 0.419 e. The summed E-state index contributed by atoms with van der Waals surface area (Å²) in [5.74, 6) is -2.28. The first-order valence-corrected chi connectivity index (χ1v) is 2.35. The Labute approximate surface area is 58.5 Å². The summed E-state index contributed by atoms with van der Waals surface area (Å²) < 4.78 is 56.8. The van der Waals surface area contributed by atoms with Crippen LogP contribution in [0, 0.1) is 0 Å². The number of rotatable bonds is 2. The Balaban J connectivity index is 4.40. The van der Waals surface area contributed by atoms with Crippen LogP contribution in [0.5, 0.6) is 0 Å². The molecule has 0 unspecified atom stereocenters. The highest BCUT2D eigenvalue weighted by Crippen LogP contribution is 2.26. The van der Waals surface area contributed by atoms with Crippen LogP contribution in [0.4, 0.5) is 22.0 Å². The molecule has 0 saturated carbocycles. The molecule has 0 aliphatic heterocycles. The summed E-state index contributed by atoms with van der Waals surface area (Å²) in [5.41, 5.74) is -2.02. The van der Waals surface area contributed by atoms with Gasteiger partial charge in [0, 0.05) is 0 Å². The Hall–Kier alpha value is -0.940. The van der Waals surface area contributed by atoms with Gasteiger partial charge >= 0.3 is 12.6 Å². The first kappa shape index (κ1) is 10.1. The highest BCUT2D eigenvalue weighted by Gasteiger charge is 2.39. The molecule has 11 heavy (non-hydrogen) atoms. The molecular weight excluding hydrogens is 171 g/mol. The fraction of sp³-hybridized carbons (Fsp3) is 0.400. The minimum atomic E-state index is -5.06. The molecule has 0 bridgehead atoms. The zero-order valence-electron chi connectivity index (χ0n) is 5.08. The summed E-state index contributed by atoms with van der Waals surface area (Å²) in [4.78, 5) is 9.92. The predicted octanol–water partition coefficient (Wildman–Crippen LogP) is 1.94. The molecule has 0 radical (unpaired) electrons. The lowest BCUT2D eigenvalue weighted by atomic mass is 10.2. The SMILES string of the molecule is C=C(C(=O)C(F)F)C(F)(F)F. The minimum Gasteiger partial charge on any atom is -0.288 e. The number of alkyl halides is 5. The van der Waals surface area contributed by atoms with E-state index in [0.717, 1.165) is 0 Å². The van der Waals surface area contributed by atoms with Gasteiger partial charge in [-0.1, -0.05) is 6.58 Å². The van der Waals surface area contributed by atoms with Crippen LogP contribution >= 0.6 is 0 Å². The van der Waals surface area contributed by atoms with Crippen molar-refractivity contribution < 1.29 is 26.7 Å². The number of hydrogen-bond acceptors (Lipinski definition) is 1. The molecule has 64 valence electrons. The lowest BCUT2D eigenvalue weighted by molar-refractivity contribution is -0.137. The fourth-order valence-corrected chi connectivity index (χ4v) is 0.271. The Morgan fingerprint density at radius 2 is 1.64 bits per heavy atom. The molecule has 0 heterocycles. The maximum absolute atomic E-state index is 11.4. The summed E-state index contributed by atoms with van der Waals surface area (Å²) in [6.07, 6.45) is -8.71. The van der Waals surface area contributed by atoms with Crippen LogP contribution in [0.1, 0.15) is 0 Å². The van der Waals surface area contributed by atoms with Gasteiger partial charge in [-0.05, 0) is 0 Å². The molecule has 0 aromatic rings. The lowest BCUT2D eigenvalue weighted by Crippen LogP contribution is -2.23. The number of allylic oxidation sites excluding steroid dienone is 1. The van der Waals surface area contributed by atoms with Crippen molar-refractivity contribution in [2.24, 2.45) is 0 Å². The van der Waals surface area contributed by atoms with Gasteiger partial charge in [0.15, 0.2) is 0 Å². The van der Waals surface area contributed by atoms with Gasteiger partial charge in [0.2, 0.25) is 5.78 Å². The molecule has 0 saturated heterocycles. The number of hydrogen-bond donors (Lipinski definition) is 0. The third kappa shape index (κ3) is 2.65. The zero-order chi connectivity index (χ0) is 9.23. The summed E-state index contributed by atoms with van der Waals surface area (Å²) in [6.45, 7) is 2.19. The molecule has 0 amide bonds. The number of halogens is 5. The van der Waals surface area contributed by atoms with Gasteiger partial charge in [0.05, 0.1) is 5.57 Å². The van der Waals surface area contributed by atoms with Crippen molar-refractivity contribution in [1.82, 2.24) is 0 Å². The molecule has 0 rings (SSSR count). The van der Waals surface area contributed by atoms with Gasteiger partial charge in [-0.25, -0.2) is 8.78 Å².